The molecule has 3 heteroatoms. The minimum absolute atomic E-state index is 0.0475. The lowest BCUT2D eigenvalue weighted by Crippen LogP contribution is -2.14. The third kappa shape index (κ3) is 4.61. The van der Waals surface area contributed by atoms with Crippen molar-refractivity contribution in [1.82, 2.24) is 0 Å². The maximum absolute atomic E-state index is 11.4. The molecule has 0 bridgehead atoms. The number of benzene rings is 1. The summed E-state index contributed by atoms with van der Waals surface area (Å²) in [5, 5.41) is 12.1. The van der Waals surface area contributed by atoms with Gasteiger partial charge in [0.15, 0.2) is 0 Å². The topological polar surface area (TPSA) is 49.3 Å². The van der Waals surface area contributed by atoms with Crippen molar-refractivity contribution in [3.8, 4) is 0 Å². The van der Waals surface area contributed by atoms with Gasteiger partial charge in [0.05, 0.1) is 6.10 Å². The van der Waals surface area contributed by atoms with Crippen LogP contribution in [0.1, 0.15) is 26.2 Å². The van der Waals surface area contributed by atoms with Gasteiger partial charge in [-0.25, -0.2) is 0 Å². The summed E-state index contributed by atoms with van der Waals surface area (Å²) in [5.41, 5.74) is 0.800. The van der Waals surface area contributed by atoms with Gasteiger partial charge in [-0.15, -0.1) is 0 Å². The molecular formula is C12H17NO2. The first-order chi connectivity index (χ1) is 7.22. The maximum atomic E-state index is 11.4. The lowest BCUT2D eigenvalue weighted by molar-refractivity contribution is -0.116. The van der Waals surface area contributed by atoms with E-state index in [9.17, 15) is 9.90 Å². The van der Waals surface area contributed by atoms with Crippen LogP contribution in [0.15, 0.2) is 30.3 Å². The molecule has 0 saturated heterocycles. The van der Waals surface area contributed by atoms with E-state index in [1.807, 2.05) is 37.3 Å². The number of hydrogen-bond donors (Lipinski definition) is 2. The average Bonchev–Trinajstić information content (AvgIpc) is 2.27. The second-order valence-corrected chi connectivity index (χ2v) is 3.51. The minimum atomic E-state index is -0.369. The molecule has 3 nitrogen and oxygen atoms in total. The molecule has 1 amide bonds. The summed E-state index contributed by atoms with van der Waals surface area (Å²) in [4.78, 5) is 11.4. The first kappa shape index (κ1) is 11.7. The summed E-state index contributed by atoms with van der Waals surface area (Å²) < 4.78 is 0. The Kier molecular flexibility index (Phi) is 4.84. The Morgan fingerprint density at radius 2 is 2.07 bits per heavy atom. The number of rotatable bonds is 5. The molecule has 1 aromatic rings. The zero-order valence-electron chi connectivity index (χ0n) is 8.94. The molecule has 1 unspecified atom stereocenters. The second-order valence-electron chi connectivity index (χ2n) is 3.51. The van der Waals surface area contributed by atoms with E-state index in [4.69, 9.17) is 0 Å². The standard InChI is InChI=1S/C12H17NO2/c1-2-11(14)8-9-12(15)13-10-6-4-3-5-7-10/h3-7,11,14H,2,8-9H2,1H3,(H,13,15). The van der Waals surface area contributed by atoms with E-state index in [0.29, 0.717) is 19.3 Å². The van der Waals surface area contributed by atoms with Crippen LogP contribution in [0.5, 0.6) is 0 Å². The summed E-state index contributed by atoms with van der Waals surface area (Å²) in [5.74, 6) is -0.0475. The summed E-state index contributed by atoms with van der Waals surface area (Å²) in [6.07, 6.45) is 1.21. The minimum Gasteiger partial charge on any atom is -0.393 e. The molecule has 15 heavy (non-hydrogen) atoms. The molecule has 1 rings (SSSR count). The number of aliphatic hydroxyl groups is 1. The Balaban J connectivity index is 2.31. The van der Waals surface area contributed by atoms with Crippen molar-refractivity contribution in [1.29, 1.82) is 0 Å². The number of amides is 1. The molecule has 0 aliphatic heterocycles. The van der Waals surface area contributed by atoms with Crippen LogP contribution in [-0.4, -0.2) is 17.1 Å². The van der Waals surface area contributed by atoms with Crippen LogP contribution in [0, 0.1) is 0 Å². The highest BCUT2D eigenvalue weighted by Gasteiger charge is 2.06. The van der Waals surface area contributed by atoms with Crippen molar-refractivity contribution >= 4 is 11.6 Å². The van der Waals surface area contributed by atoms with Crippen molar-refractivity contribution in [2.24, 2.45) is 0 Å². The van der Waals surface area contributed by atoms with Gasteiger partial charge in [-0.2, -0.15) is 0 Å². The third-order valence-electron chi connectivity index (χ3n) is 2.23. The highest BCUT2D eigenvalue weighted by molar-refractivity contribution is 5.90. The molecule has 82 valence electrons. The average molecular weight is 207 g/mol. The van der Waals surface area contributed by atoms with E-state index in [0.717, 1.165) is 5.69 Å². The normalized spacial score (nSPS) is 12.1. The Bertz CT molecular complexity index is 298. The Labute approximate surface area is 90.1 Å². The van der Waals surface area contributed by atoms with Crippen LogP contribution in [-0.2, 0) is 4.79 Å². The molecule has 0 saturated carbocycles. The van der Waals surface area contributed by atoms with E-state index in [1.165, 1.54) is 0 Å². The zero-order chi connectivity index (χ0) is 11.1. The van der Waals surface area contributed by atoms with E-state index in [1.54, 1.807) is 0 Å². The molecule has 0 radical (unpaired) electrons. The molecule has 1 aromatic carbocycles. The van der Waals surface area contributed by atoms with Gasteiger partial charge in [0.2, 0.25) is 5.91 Å². The van der Waals surface area contributed by atoms with Gasteiger partial charge in [0.25, 0.3) is 0 Å². The Hall–Kier alpha value is -1.35. The van der Waals surface area contributed by atoms with E-state index in [-0.39, 0.29) is 12.0 Å². The number of carbonyl (C=O) groups is 1. The molecule has 2 N–H and O–H groups in total. The van der Waals surface area contributed by atoms with E-state index < -0.39 is 0 Å². The Morgan fingerprint density at radius 1 is 1.40 bits per heavy atom. The maximum Gasteiger partial charge on any atom is 0.224 e. The van der Waals surface area contributed by atoms with E-state index >= 15 is 0 Å². The highest BCUT2D eigenvalue weighted by Crippen LogP contribution is 2.07. The number of carbonyl (C=O) groups excluding carboxylic acids is 1. The van der Waals surface area contributed by atoms with Crippen molar-refractivity contribution in [3.05, 3.63) is 30.3 Å². The van der Waals surface area contributed by atoms with Gasteiger partial charge in [-0.3, -0.25) is 4.79 Å². The number of para-hydroxylation sites is 1. The van der Waals surface area contributed by atoms with E-state index in [2.05, 4.69) is 5.32 Å². The quantitative estimate of drug-likeness (QED) is 0.777. The summed E-state index contributed by atoms with van der Waals surface area (Å²) >= 11 is 0. The van der Waals surface area contributed by atoms with Crippen molar-refractivity contribution < 1.29 is 9.90 Å². The molecule has 0 aliphatic rings. The number of hydrogen-bond acceptors (Lipinski definition) is 2. The van der Waals surface area contributed by atoms with Crippen LogP contribution in [0.25, 0.3) is 0 Å². The van der Waals surface area contributed by atoms with Crippen molar-refractivity contribution in [2.75, 3.05) is 5.32 Å². The van der Waals surface area contributed by atoms with Gasteiger partial charge in [-0.05, 0) is 25.0 Å². The predicted octanol–water partition coefficient (Wildman–Crippen LogP) is 2.18. The summed E-state index contributed by atoms with van der Waals surface area (Å²) in [6.45, 7) is 1.90. The number of nitrogens with one attached hydrogen (secondary N) is 1. The number of aliphatic hydroxyl groups excluding tert-OH is 1. The molecule has 1 atom stereocenters. The van der Waals surface area contributed by atoms with Crippen LogP contribution in [0.2, 0.25) is 0 Å². The monoisotopic (exact) mass is 207 g/mol. The summed E-state index contributed by atoms with van der Waals surface area (Å²) in [6, 6.07) is 9.33. The molecule has 0 fully saturated rings. The third-order valence-corrected chi connectivity index (χ3v) is 2.23. The second kappa shape index (κ2) is 6.19. The molecule has 0 aliphatic carbocycles. The predicted molar refractivity (Wildman–Crippen MR) is 60.6 cm³/mol. The van der Waals surface area contributed by atoms with Gasteiger partial charge < -0.3 is 10.4 Å². The zero-order valence-corrected chi connectivity index (χ0v) is 8.94. The first-order valence-electron chi connectivity index (χ1n) is 5.25. The van der Waals surface area contributed by atoms with Gasteiger partial charge >= 0.3 is 0 Å². The number of anilines is 1. The fourth-order valence-corrected chi connectivity index (χ4v) is 1.25. The molecular weight excluding hydrogens is 190 g/mol. The van der Waals surface area contributed by atoms with Crippen LogP contribution in [0.4, 0.5) is 5.69 Å². The highest BCUT2D eigenvalue weighted by atomic mass is 16.3. The SMILES string of the molecule is CCC(O)CCC(=O)Nc1ccccc1. The van der Waals surface area contributed by atoms with Gasteiger partial charge in [0, 0.05) is 12.1 Å². The van der Waals surface area contributed by atoms with Gasteiger partial charge in [-0.1, -0.05) is 25.1 Å². The summed E-state index contributed by atoms with van der Waals surface area (Å²) in [7, 11) is 0. The lowest BCUT2D eigenvalue weighted by atomic mass is 10.1. The van der Waals surface area contributed by atoms with Crippen molar-refractivity contribution in [2.45, 2.75) is 32.3 Å². The lowest BCUT2D eigenvalue weighted by Gasteiger charge is -2.07. The largest absolute Gasteiger partial charge is 0.393 e. The molecule has 0 heterocycles. The molecule has 0 aromatic heterocycles. The van der Waals surface area contributed by atoms with Gasteiger partial charge in [0.1, 0.15) is 0 Å². The smallest absolute Gasteiger partial charge is 0.224 e. The van der Waals surface area contributed by atoms with Crippen LogP contribution in [0.3, 0.4) is 0 Å². The fourth-order valence-electron chi connectivity index (χ4n) is 1.25. The Morgan fingerprint density at radius 3 is 2.67 bits per heavy atom. The van der Waals surface area contributed by atoms with Crippen LogP contribution >= 0.6 is 0 Å². The first-order valence-corrected chi connectivity index (χ1v) is 5.25. The molecule has 0 spiro atoms. The van der Waals surface area contributed by atoms with Crippen molar-refractivity contribution in [3.63, 3.8) is 0 Å². The van der Waals surface area contributed by atoms with Crippen LogP contribution < -0.4 is 5.32 Å². The fraction of sp³-hybridized carbons (Fsp3) is 0.417.